The number of carbonyl (C=O) groups is 2. The van der Waals surface area contributed by atoms with Crippen LogP contribution in [0.25, 0.3) is 0 Å². The minimum Gasteiger partial charge on any atom is -0.477 e. The summed E-state index contributed by atoms with van der Waals surface area (Å²) in [6.07, 6.45) is -24.3. The SMILES string of the molecule is CC(=O)NC1C(O)OC(CO)C(CC2OC(CO)C(O)C(OC3(C(=O)O)CC(O)C4C(O3)N4CO)C2O)C1OC1OC(C)C(O)C(O)C1O. The molecule has 20 atom stereocenters. The molecule has 12 N–H and O–H groups in total. The topological polar surface area (TPSA) is 327 Å². The van der Waals surface area contributed by atoms with E-state index in [4.69, 9.17) is 28.4 Å². The fourth-order valence-electron chi connectivity index (χ4n) is 7.21. The number of aliphatic hydroxyl groups excluding tert-OH is 10. The number of carboxylic acid groups (broad SMARTS) is 1. The molecule has 282 valence electrons. The number of carboxylic acids is 1. The Bertz CT molecular complexity index is 1170. The van der Waals surface area contributed by atoms with Crippen molar-refractivity contribution in [2.75, 3.05) is 19.9 Å². The maximum absolute atomic E-state index is 12.5. The molecule has 5 heterocycles. The molecule has 5 aliphatic heterocycles. The van der Waals surface area contributed by atoms with Gasteiger partial charge in [-0.05, 0) is 13.3 Å². The van der Waals surface area contributed by atoms with E-state index >= 15 is 0 Å². The molecule has 1 amide bonds. The second-order valence-electron chi connectivity index (χ2n) is 13.1. The molecule has 5 fully saturated rings. The summed E-state index contributed by atoms with van der Waals surface area (Å²) in [5.41, 5.74) is 0. The van der Waals surface area contributed by atoms with Crippen LogP contribution in [0.4, 0.5) is 0 Å². The van der Waals surface area contributed by atoms with Gasteiger partial charge in [0.05, 0.1) is 56.5 Å². The van der Waals surface area contributed by atoms with E-state index in [0.29, 0.717) is 0 Å². The molecule has 21 heteroatoms. The third kappa shape index (κ3) is 7.32. The van der Waals surface area contributed by atoms with Gasteiger partial charge in [-0.2, -0.15) is 0 Å². The summed E-state index contributed by atoms with van der Waals surface area (Å²) in [7, 11) is 0. The Morgan fingerprint density at radius 1 is 0.857 bits per heavy atom. The molecule has 20 unspecified atom stereocenters. The highest BCUT2D eigenvalue weighted by Gasteiger charge is 2.66. The van der Waals surface area contributed by atoms with Crippen LogP contribution in [0.3, 0.4) is 0 Å². The van der Waals surface area contributed by atoms with Gasteiger partial charge >= 0.3 is 5.97 Å². The lowest BCUT2D eigenvalue weighted by Crippen LogP contribution is -2.67. The normalized spacial score (nSPS) is 51.5. The van der Waals surface area contributed by atoms with Gasteiger partial charge in [-0.1, -0.05) is 0 Å². The highest BCUT2D eigenvalue weighted by atomic mass is 16.8. The van der Waals surface area contributed by atoms with E-state index in [0.717, 1.165) is 6.92 Å². The smallest absolute Gasteiger partial charge is 0.364 e. The van der Waals surface area contributed by atoms with Crippen molar-refractivity contribution in [2.45, 2.75) is 137 Å². The number of aliphatic hydroxyl groups is 10. The number of hydrogen-bond donors (Lipinski definition) is 12. The quantitative estimate of drug-likeness (QED) is 0.0884. The van der Waals surface area contributed by atoms with Crippen molar-refractivity contribution in [3.8, 4) is 0 Å². The molecule has 0 aliphatic carbocycles. The molecular formula is C28H46N2O19. The molecule has 5 rings (SSSR count). The minimum atomic E-state index is -2.62. The van der Waals surface area contributed by atoms with Crippen molar-refractivity contribution in [3.63, 3.8) is 0 Å². The van der Waals surface area contributed by atoms with E-state index < -0.39 is 161 Å². The number of hydrogen-bond acceptors (Lipinski definition) is 19. The summed E-state index contributed by atoms with van der Waals surface area (Å²) in [4.78, 5) is 25.9. The van der Waals surface area contributed by atoms with Crippen molar-refractivity contribution in [3.05, 3.63) is 0 Å². The maximum Gasteiger partial charge on any atom is 0.364 e. The molecule has 5 saturated heterocycles. The van der Waals surface area contributed by atoms with Crippen LogP contribution in [0.15, 0.2) is 0 Å². The molecule has 21 nitrogen and oxygen atoms in total. The molecule has 0 saturated carbocycles. The molecule has 0 aromatic rings. The molecule has 0 spiro atoms. The first-order chi connectivity index (χ1) is 23.1. The highest BCUT2D eigenvalue weighted by molar-refractivity contribution is 5.76. The molecule has 0 radical (unpaired) electrons. The van der Waals surface area contributed by atoms with Crippen LogP contribution in [-0.4, -0.2) is 203 Å². The second-order valence-corrected chi connectivity index (χ2v) is 13.1. The van der Waals surface area contributed by atoms with E-state index in [1.165, 1.54) is 11.8 Å². The molecule has 49 heavy (non-hydrogen) atoms. The van der Waals surface area contributed by atoms with Gasteiger partial charge in [0.25, 0.3) is 5.79 Å². The minimum absolute atomic E-state index is 0.418. The Hall–Kier alpha value is -1.74. The van der Waals surface area contributed by atoms with Crippen LogP contribution in [0.5, 0.6) is 0 Å². The highest BCUT2D eigenvalue weighted by Crippen LogP contribution is 2.46. The first-order valence-corrected chi connectivity index (χ1v) is 15.9. The lowest BCUT2D eigenvalue weighted by molar-refractivity contribution is -0.342. The van der Waals surface area contributed by atoms with Crippen molar-refractivity contribution < 1.29 is 94.2 Å². The zero-order valence-electron chi connectivity index (χ0n) is 26.6. The standard InChI is InChI=1S/C28H46N2O19/c1-8-17(36)20(39)21(40)26(44-8)47-22-10(13(5-31)46-25(41)15(22)29-9(2)34)3-12-18(37)23(19(38)14(6-32)45-12)48-28(27(42)43)4-11(35)16-24(49-28)30(16)7-33/h8,10-26,31-33,35-41H,3-7H2,1-2H3,(H,29,34)(H,42,43). The first kappa shape index (κ1) is 38.5. The molecular weight excluding hydrogens is 668 g/mol. The first-order valence-electron chi connectivity index (χ1n) is 15.9. The van der Waals surface area contributed by atoms with Crippen LogP contribution in [0, 0.1) is 5.92 Å². The van der Waals surface area contributed by atoms with E-state index in [-0.39, 0.29) is 0 Å². The predicted octanol–water partition coefficient (Wildman–Crippen LogP) is -7.19. The molecule has 0 aromatic carbocycles. The van der Waals surface area contributed by atoms with Crippen LogP contribution < -0.4 is 5.32 Å². The number of ether oxygens (including phenoxy) is 6. The van der Waals surface area contributed by atoms with Crippen LogP contribution in [0.1, 0.15) is 26.7 Å². The summed E-state index contributed by atoms with van der Waals surface area (Å²) >= 11 is 0. The number of carbonyl (C=O) groups excluding carboxylic acids is 1. The Morgan fingerprint density at radius 2 is 1.51 bits per heavy atom. The second kappa shape index (κ2) is 15.1. The van der Waals surface area contributed by atoms with Crippen LogP contribution in [-0.2, 0) is 38.0 Å². The number of aliphatic carboxylic acids is 1. The summed E-state index contributed by atoms with van der Waals surface area (Å²) in [5.74, 6) is -6.18. The molecule has 0 bridgehead atoms. The third-order valence-corrected chi connectivity index (χ3v) is 9.90. The average Bonchev–Trinajstić information content (AvgIpc) is 3.77. The summed E-state index contributed by atoms with van der Waals surface area (Å²) in [6, 6.07) is -2.13. The van der Waals surface area contributed by atoms with Crippen LogP contribution in [0.2, 0.25) is 0 Å². The Kier molecular flexibility index (Phi) is 11.8. The van der Waals surface area contributed by atoms with Gasteiger partial charge in [0.1, 0.15) is 55.0 Å². The predicted molar refractivity (Wildman–Crippen MR) is 152 cm³/mol. The van der Waals surface area contributed by atoms with Gasteiger partial charge in [0.2, 0.25) is 5.91 Å². The number of rotatable bonds is 11. The zero-order valence-corrected chi connectivity index (χ0v) is 26.6. The Balaban J connectivity index is 1.44. The largest absolute Gasteiger partial charge is 0.477 e. The number of nitrogens with zero attached hydrogens (tertiary/aromatic N) is 1. The lowest BCUT2D eigenvalue weighted by atomic mass is 9.80. The van der Waals surface area contributed by atoms with Crippen molar-refractivity contribution >= 4 is 11.9 Å². The fourth-order valence-corrected chi connectivity index (χ4v) is 7.21. The molecule has 5 aliphatic rings. The molecule has 0 aromatic heterocycles. The van der Waals surface area contributed by atoms with Gasteiger partial charge in [0.15, 0.2) is 12.6 Å². The van der Waals surface area contributed by atoms with Crippen LogP contribution >= 0.6 is 0 Å². The van der Waals surface area contributed by atoms with Gasteiger partial charge in [0, 0.05) is 19.3 Å². The number of nitrogens with one attached hydrogen (secondary N) is 1. The summed E-state index contributed by atoms with van der Waals surface area (Å²) < 4.78 is 34.3. The zero-order chi connectivity index (χ0) is 36.1. The maximum atomic E-state index is 12.5. The van der Waals surface area contributed by atoms with E-state index in [1.54, 1.807) is 0 Å². The van der Waals surface area contributed by atoms with E-state index in [1.807, 2.05) is 0 Å². The van der Waals surface area contributed by atoms with Gasteiger partial charge in [-0.25, -0.2) is 9.69 Å². The Labute approximate surface area is 279 Å². The van der Waals surface area contributed by atoms with E-state index in [9.17, 15) is 65.8 Å². The third-order valence-electron chi connectivity index (χ3n) is 9.90. The number of fused-ring (bicyclic) bond motifs is 1. The van der Waals surface area contributed by atoms with Gasteiger partial charge < -0.3 is 89.9 Å². The summed E-state index contributed by atoms with van der Waals surface area (Å²) in [6.45, 7) is 0.333. The summed E-state index contributed by atoms with van der Waals surface area (Å²) in [5, 5.41) is 118. The van der Waals surface area contributed by atoms with Gasteiger partial charge in [-0.15, -0.1) is 0 Å². The fraction of sp³-hybridized carbons (Fsp3) is 0.929. The van der Waals surface area contributed by atoms with Crippen molar-refractivity contribution in [1.29, 1.82) is 0 Å². The van der Waals surface area contributed by atoms with Crippen molar-refractivity contribution in [2.24, 2.45) is 5.92 Å². The van der Waals surface area contributed by atoms with Crippen molar-refractivity contribution in [1.82, 2.24) is 10.2 Å². The lowest BCUT2D eigenvalue weighted by Gasteiger charge is -2.50. The average molecular weight is 715 g/mol. The Morgan fingerprint density at radius 3 is 2.10 bits per heavy atom. The monoisotopic (exact) mass is 714 g/mol. The number of amides is 1. The van der Waals surface area contributed by atoms with Gasteiger partial charge in [-0.3, -0.25) is 4.79 Å². The van der Waals surface area contributed by atoms with E-state index in [2.05, 4.69) is 5.32 Å².